The van der Waals surface area contributed by atoms with Gasteiger partial charge in [-0.3, -0.25) is 4.79 Å². The van der Waals surface area contributed by atoms with Gasteiger partial charge in [-0.1, -0.05) is 44.0 Å². The molecule has 2 atom stereocenters. The fraction of sp³-hybridized carbons (Fsp3) is 0.500. The van der Waals surface area contributed by atoms with Crippen LogP contribution in [0.15, 0.2) is 18.2 Å². The predicted octanol–water partition coefficient (Wildman–Crippen LogP) is 2.60. The third kappa shape index (κ3) is 4.63. The maximum atomic E-state index is 12.2. The summed E-state index contributed by atoms with van der Waals surface area (Å²) in [7, 11) is 2.81. The number of methoxy groups -OCH3 is 2. The number of ether oxygens (including phenoxy) is 2. The molecule has 122 valence electrons. The molecule has 0 unspecified atom stereocenters. The zero-order valence-electron chi connectivity index (χ0n) is 13.3. The number of hydrogen-bond donors (Lipinski definition) is 1. The van der Waals surface area contributed by atoms with Gasteiger partial charge in [0, 0.05) is 5.56 Å². The molecule has 1 aromatic carbocycles. The fourth-order valence-corrected chi connectivity index (χ4v) is 2.39. The highest BCUT2D eigenvalue weighted by atomic mass is 35.5. The van der Waals surface area contributed by atoms with Crippen LogP contribution in [0.1, 0.15) is 25.8 Å². The maximum Gasteiger partial charge on any atom is 0.328 e. The summed E-state index contributed by atoms with van der Waals surface area (Å²) in [6.45, 7) is 3.84. The number of carbonyl (C=O) groups is 2. The van der Waals surface area contributed by atoms with Crippen LogP contribution in [0.3, 0.4) is 0 Å². The highest BCUT2D eigenvalue weighted by molar-refractivity contribution is 6.32. The number of hydrogen-bond acceptors (Lipinski definition) is 4. The standard InChI is InChI=1S/C16H22ClNO4/c1-5-10(2)14(16(20)22-4)18-13(19)9-11-7-6-8-12(17)15(11)21-3/h6-8,10,14H,5,9H2,1-4H3,(H,18,19)/t10-,14-/m0/s1. The summed E-state index contributed by atoms with van der Waals surface area (Å²) >= 11 is 6.03. The monoisotopic (exact) mass is 327 g/mol. The largest absolute Gasteiger partial charge is 0.495 e. The summed E-state index contributed by atoms with van der Waals surface area (Å²) in [6, 6.07) is 4.55. The summed E-state index contributed by atoms with van der Waals surface area (Å²) in [4.78, 5) is 24.0. The lowest BCUT2D eigenvalue weighted by molar-refractivity contribution is -0.146. The van der Waals surface area contributed by atoms with E-state index in [1.54, 1.807) is 18.2 Å². The van der Waals surface area contributed by atoms with Crippen LogP contribution < -0.4 is 10.1 Å². The molecule has 5 nitrogen and oxygen atoms in total. The van der Waals surface area contributed by atoms with E-state index >= 15 is 0 Å². The van der Waals surface area contributed by atoms with E-state index in [9.17, 15) is 9.59 Å². The Kier molecular flexibility index (Phi) is 7.18. The first-order valence-electron chi connectivity index (χ1n) is 7.13. The van der Waals surface area contributed by atoms with E-state index in [1.165, 1.54) is 14.2 Å². The molecule has 22 heavy (non-hydrogen) atoms. The van der Waals surface area contributed by atoms with Crippen molar-refractivity contribution in [3.8, 4) is 5.75 Å². The maximum absolute atomic E-state index is 12.2. The topological polar surface area (TPSA) is 64.6 Å². The fourth-order valence-electron chi connectivity index (χ4n) is 2.11. The van der Waals surface area contributed by atoms with Crippen molar-refractivity contribution in [1.29, 1.82) is 0 Å². The Morgan fingerprint density at radius 1 is 1.32 bits per heavy atom. The molecule has 0 heterocycles. The lowest BCUT2D eigenvalue weighted by atomic mass is 9.99. The molecule has 0 saturated heterocycles. The summed E-state index contributed by atoms with van der Waals surface area (Å²) in [5.74, 6) is -0.271. The van der Waals surface area contributed by atoms with Gasteiger partial charge < -0.3 is 14.8 Å². The predicted molar refractivity (Wildman–Crippen MR) is 85.1 cm³/mol. The molecule has 1 aromatic rings. The first kappa shape index (κ1) is 18.3. The van der Waals surface area contributed by atoms with Crippen LogP contribution in [-0.2, 0) is 20.7 Å². The molecular formula is C16H22ClNO4. The molecule has 0 aliphatic heterocycles. The van der Waals surface area contributed by atoms with Crippen LogP contribution in [0.2, 0.25) is 5.02 Å². The molecule has 0 fully saturated rings. The van der Waals surface area contributed by atoms with Crippen LogP contribution in [0.5, 0.6) is 5.75 Å². The van der Waals surface area contributed by atoms with Gasteiger partial charge in [-0.05, 0) is 12.0 Å². The van der Waals surface area contributed by atoms with Crippen molar-refractivity contribution in [2.45, 2.75) is 32.7 Å². The number of carbonyl (C=O) groups excluding carboxylic acids is 2. The lowest BCUT2D eigenvalue weighted by Gasteiger charge is -2.22. The van der Waals surface area contributed by atoms with Gasteiger partial charge in [-0.2, -0.15) is 0 Å². The minimum absolute atomic E-state index is 0.0161. The minimum Gasteiger partial charge on any atom is -0.495 e. The van der Waals surface area contributed by atoms with Gasteiger partial charge in [0.1, 0.15) is 11.8 Å². The highest BCUT2D eigenvalue weighted by Crippen LogP contribution is 2.28. The first-order chi connectivity index (χ1) is 10.4. The van der Waals surface area contributed by atoms with E-state index in [0.29, 0.717) is 16.3 Å². The smallest absolute Gasteiger partial charge is 0.328 e. The number of nitrogens with one attached hydrogen (secondary N) is 1. The molecule has 0 saturated carbocycles. The van der Waals surface area contributed by atoms with Crippen molar-refractivity contribution in [3.63, 3.8) is 0 Å². The Hall–Kier alpha value is -1.75. The molecule has 1 amide bonds. The Labute approximate surface area is 135 Å². The van der Waals surface area contributed by atoms with Crippen molar-refractivity contribution in [2.24, 2.45) is 5.92 Å². The van der Waals surface area contributed by atoms with E-state index in [4.69, 9.17) is 21.1 Å². The van der Waals surface area contributed by atoms with Crippen molar-refractivity contribution in [2.75, 3.05) is 14.2 Å². The summed E-state index contributed by atoms with van der Waals surface area (Å²) in [5.41, 5.74) is 0.667. The second-order valence-electron chi connectivity index (χ2n) is 5.06. The molecule has 0 aliphatic rings. The van der Waals surface area contributed by atoms with Gasteiger partial charge in [0.25, 0.3) is 0 Å². The van der Waals surface area contributed by atoms with Gasteiger partial charge in [-0.25, -0.2) is 4.79 Å². The van der Waals surface area contributed by atoms with Crippen LogP contribution in [-0.4, -0.2) is 32.1 Å². The van der Waals surface area contributed by atoms with E-state index < -0.39 is 12.0 Å². The minimum atomic E-state index is -0.660. The van der Waals surface area contributed by atoms with E-state index in [2.05, 4.69) is 5.32 Å². The molecule has 0 radical (unpaired) electrons. The lowest BCUT2D eigenvalue weighted by Crippen LogP contribution is -2.46. The Morgan fingerprint density at radius 2 is 2.00 bits per heavy atom. The van der Waals surface area contributed by atoms with Crippen LogP contribution >= 0.6 is 11.6 Å². The average Bonchev–Trinajstić information content (AvgIpc) is 2.51. The zero-order valence-corrected chi connectivity index (χ0v) is 14.1. The number of rotatable bonds is 7. The van der Waals surface area contributed by atoms with Gasteiger partial charge >= 0.3 is 5.97 Å². The van der Waals surface area contributed by atoms with Crippen molar-refractivity contribution in [1.82, 2.24) is 5.32 Å². The number of halogens is 1. The Morgan fingerprint density at radius 3 is 2.55 bits per heavy atom. The van der Waals surface area contributed by atoms with Gasteiger partial charge in [-0.15, -0.1) is 0 Å². The number of benzene rings is 1. The van der Waals surface area contributed by atoms with Gasteiger partial charge in [0.2, 0.25) is 5.91 Å². The Bertz CT molecular complexity index is 533. The highest BCUT2D eigenvalue weighted by Gasteiger charge is 2.27. The third-order valence-electron chi connectivity index (χ3n) is 3.59. The van der Waals surface area contributed by atoms with Gasteiger partial charge in [0.05, 0.1) is 25.7 Å². The molecule has 0 spiro atoms. The van der Waals surface area contributed by atoms with Gasteiger partial charge in [0.15, 0.2) is 0 Å². The summed E-state index contributed by atoms with van der Waals surface area (Å²) in [6.07, 6.45) is 0.828. The quantitative estimate of drug-likeness (QED) is 0.782. The van der Waals surface area contributed by atoms with Crippen molar-refractivity contribution >= 4 is 23.5 Å². The SMILES string of the molecule is CC[C@H](C)[C@H](NC(=O)Cc1cccc(Cl)c1OC)C(=O)OC. The third-order valence-corrected chi connectivity index (χ3v) is 3.89. The summed E-state index contributed by atoms with van der Waals surface area (Å²) < 4.78 is 9.97. The van der Waals surface area contributed by atoms with E-state index in [0.717, 1.165) is 6.42 Å². The molecule has 1 N–H and O–H groups in total. The average molecular weight is 328 g/mol. The van der Waals surface area contributed by atoms with Crippen molar-refractivity contribution in [3.05, 3.63) is 28.8 Å². The molecule has 0 aliphatic carbocycles. The van der Waals surface area contributed by atoms with Crippen molar-refractivity contribution < 1.29 is 19.1 Å². The molecule has 0 bridgehead atoms. The number of para-hydroxylation sites is 1. The molecule has 6 heteroatoms. The van der Waals surface area contributed by atoms with Crippen LogP contribution in [0.4, 0.5) is 0 Å². The summed E-state index contributed by atoms with van der Waals surface area (Å²) in [5, 5.41) is 3.17. The second-order valence-corrected chi connectivity index (χ2v) is 5.47. The van der Waals surface area contributed by atoms with Crippen LogP contribution in [0, 0.1) is 5.92 Å². The molecule has 0 aromatic heterocycles. The normalized spacial score (nSPS) is 13.1. The molecule has 1 rings (SSSR count). The van der Waals surface area contributed by atoms with Crippen LogP contribution in [0.25, 0.3) is 0 Å². The first-order valence-corrected chi connectivity index (χ1v) is 7.50. The van der Waals surface area contributed by atoms with E-state index in [1.807, 2.05) is 13.8 Å². The number of amides is 1. The number of esters is 1. The molecular weight excluding hydrogens is 306 g/mol. The zero-order chi connectivity index (χ0) is 16.7. The second kappa shape index (κ2) is 8.63. The van der Waals surface area contributed by atoms with E-state index in [-0.39, 0.29) is 18.2 Å². The Balaban J connectivity index is 2.84.